The van der Waals surface area contributed by atoms with E-state index in [0.29, 0.717) is 0 Å². The summed E-state index contributed by atoms with van der Waals surface area (Å²) in [4.78, 5) is 27.0. The van der Waals surface area contributed by atoms with Gasteiger partial charge in [0.25, 0.3) is 0 Å². The zero-order chi connectivity index (χ0) is 16.7. The Morgan fingerprint density at radius 2 is 1.50 bits per heavy atom. The smallest absolute Gasteiger partial charge is 0.321 e. The molecule has 1 saturated heterocycles. The summed E-state index contributed by atoms with van der Waals surface area (Å²) in [6.45, 7) is 5.39. The van der Waals surface area contributed by atoms with Crippen molar-refractivity contribution in [2.75, 3.05) is 26.2 Å². The lowest BCUT2D eigenvalue weighted by Crippen LogP contribution is -2.63. The van der Waals surface area contributed by atoms with Gasteiger partial charge in [0.05, 0.1) is 6.04 Å². The van der Waals surface area contributed by atoms with Crippen LogP contribution >= 0.6 is 24.8 Å². The van der Waals surface area contributed by atoms with Gasteiger partial charge in [-0.15, -0.1) is 24.8 Å². The first kappa shape index (κ1) is 21.7. The average Bonchev–Trinajstić information content (AvgIpc) is 2.53. The minimum Gasteiger partial charge on any atom is -0.332 e. The normalized spacial score (nSPS) is 36.4. The van der Waals surface area contributed by atoms with E-state index in [-0.39, 0.29) is 48.3 Å². The first-order valence-electron chi connectivity index (χ1n) is 9.61. The van der Waals surface area contributed by atoms with E-state index in [2.05, 4.69) is 20.9 Å². The topological polar surface area (TPSA) is 73.5 Å². The maximum Gasteiger partial charge on any atom is 0.321 e. The zero-order valence-electron chi connectivity index (χ0n) is 15.5. The third-order valence-corrected chi connectivity index (χ3v) is 6.73. The number of carbonyl (C=O) groups excluding carboxylic acids is 2. The summed E-state index contributed by atoms with van der Waals surface area (Å²) in [5.41, 5.74) is -0.0443. The lowest BCUT2D eigenvalue weighted by atomic mass is 9.53. The summed E-state index contributed by atoms with van der Waals surface area (Å²) in [7, 11) is 0. The first-order valence-corrected chi connectivity index (χ1v) is 9.61. The maximum absolute atomic E-state index is 12.5. The highest BCUT2D eigenvalue weighted by atomic mass is 35.5. The molecule has 0 radical (unpaired) electrons. The fourth-order valence-electron chi connectivity index (χ4n) is 5.99. The van der Waals surface area contributed by atoms with Gasteiger partial charge in [-0.05, 0) is 63.2 Å². The van der Waals surface area contributed by atoms with Crippen LogP contribution < -0.4 is 16.0 Å². The minimum absolute atomic E-state index is 0. The number of hydrogen-bond donors (Lipinski definition) is 3. The average molecular weight is 407 g/mol. The second kappa shape index (κ2) is 8.63. The Morgan fingerprint density at radius 3 is 2.00 bits per heavy atom. The molecule has 1 atom stereocenters. The highest BCUT2D eigenvalue weighted by Gasteiger charge is 2.51. The van der Waals surface area contributed by atoms with Crippen molar-refractivity contribution >= 4 is 36.8 Å². The molecule has 1 heterocycles. The molecular formula is C18H32Cl2N4O2. The minimum atomic E-state index is -0.288. The van der Waals surface area contributed by atoms with E-state index in [1.54, 1.807) is 0 Å². The van der Waals surface area contributed by atoms with Crippen molar-refractivity contribution in [2.45, 2.75) is 57.0 Å². The van der Waals surface area contributed by atoms with Crippen LogP contribution in [0.15, 0.2) is 0 Å². The van der Waals surface area contributed by atoms with Crippen molar-refractivity contribution in [1.82, 2.24) is 20.9 Å². The van der Waals surface area contributed by atoms with E-state index in [4.69, 9.17) is 0 Å². The van der Waals surface area contributed by atoms with Crippen LogP contribution in [0.1, 0.15) is 45.4 Å². The summed E-state index contributed by atoms with van der Waals surface area (Å²) in [5.74, 6) is 2.17. The van der Waals surface area contributed by atoms with Crippen molar-refractivity contribution in [3.05, 3.63) is 0 Å². The fraction of sp³-hybridized carbons (Fsp3) is 0.889. The second-order valence-electron chi connectivity index (χ2n) is 8.60. The molecule has 26 heavy (non-hydrogen) atoms. The third kappa shape index (κ3) is 4.46. The van der Waals surface area contributed by atoms with Gasteiger partial charge < -0.3 is 10.6 Å². The van der Waals surface area contributed by atoms with Crippen molar-refractivity contribution in [3.63, 3.8) is 0 Å². The van der Waals surface area contributed by atoms with E-state index >= 15 is 0 Å². The van der Waals surface area contributed by atoms with E-state index < -0.39 is 0 Å². The van der Waals surface area contributed by atoms with Crippen LogP contribution in [0.4, 0.5) is 4.79 Å². The van der Waals surface area contributed by atoms with E-state index in [1.807, 2.05) is 6.92 Å². The van der Waals surface area contributed by atoms with Crippen LogP contribution in [0, 0.1) is 17.8 Å². The summed E-state index contributed by atoms with van der Waals surface area (Å²) >= 11 is 0. The molecule has 3 amide bonds. The Hall–Kier alpha value is -0.560. The molecule has 5 fully saturated rings. The molecule has 8 heteroatoms. The summed E-state index contributed by atoms with van der Waals surface area (Å²) in [5, 5.41) is 9.09. The summed E-state index contributed by atoms with van der Waals surface area (Å²) in [6, 6.07) is -0.543. The van der Waals surface area contributed by atoms with Gasteiger partial charge in [-0.2, -0.15) is 0 Å². The van der Waals surface area contributed by atoms with Crippen LogP contribution in [-0.4, -0.2) is 54.6 Å². The molecule has 0 aromatic rings. The van der Waals surface area contributed by atoms with Gasteiger partial charge in [-0.25, -0.2) is 4.79 Å². The highest BCUT2D eigenvalue weighted by Crippen LogP contribution is 2.55. The molecule has 5 aliphatic rings. The van der Waals surface area contributed by atoms with Gasteiger partial charge in [-0.3, -0.25) is 15.0 Å². The Balaban J connectivity index is 0.00000121. The standard InChI is InChI=1S/C18H30N4O2.2ClH/c1-12(22-4-2-19-3-5-22)16(23)20-17(24)21-18-9-13-6-14(10-18)8-15(7-13)11-18;;/h12-15,19H,2-11H2,1H3,(H2,20,21,23,24);2*1H. The van der Waals surface area contributed by atoms with Crippen molar-refractivity contribution < 1.29 is 9.59 Å². The van der Waals surface area contributed by atoms with E-state index in [9.17, 15) is 9.59 Å². The van der Waals surface area contributed by atoms with Gasteiger partial charge in [0, 0.05) is 31.7 Å². The highest BCUT2D eigenvalue weighted by molar-refractivity contribution is 5.97. The predicted octanol–water partition coefficient (Wildman–Crippen LogP) is 1.92. The Morgan fingerprint density at radius 1 is 1.00 bits per heavy atom. The fourth-order valence-corrected chi connectivity index (χ4v) is 5.99. The van der Waals surface area contributed by atoms with Crippen molar-refractivity contribution in [3.8, 4) is 0 Å². The maximum atomic E-state index is 12.5. The van der Waals surface area contributed by atoms with Crippen LogP contribution in [0.2, 0.25) is 0 Å². The van der Waals surface area contributed by atoms with Gasteiger partial charge in [-0.1, -0.05) is 0 Å². The number of piperazine rings is 1. The second-order valence-corrected chi connectivity index (χ2v) is 8.60. The molecule has 1 aliphatic heterocycles. The van der Waals surface area contributed by atoms with Crippen molar-refractivity contribution in [1.29, 1.82) is 0 Å². The molecular weight excluding hydrogens is 375 g/mol. The van der Waals surface area contributed by atoms with Gasteiger partial charge >= 0.3 is 6.03 Å². The molecule has 6 nitrogen and oxygen atoms in total. The molecule has 0 spiro atoms. The number of nitrogens with one attached hydrogen (secondary N) is 3. The zero-order valence-corrected chi connectivity index (χ0v) is 17.1. The summed E-state index contributed by atoms with van der Waals surface area (Å²) in [6.07, 6.45) is 7.36. The quantitative estimate of drug-likeness (QED) is 0.669. The Labute approximate surface area is 168 Å². The van der Waals surface area contributed by atoms with Crippen LogP contribution in [0.5, 0.6) is 0 Å². The van der Waals surface area contributed by atoms with Crippen LogP contribution in [-0.2, 0) is 4.79 Å². The number of amides is 3. The van der Waals surface area contributed by atoms with Gasteiger partial charge in [0.1, 0.15) is 0 Å². The third-order valence-electron chi connectivity index (χ3n) is 6.73. The van der Waals surface area contributed by atoms with E-state index in [0.717, 1.165) is 63.2 Å². The summed E-state index contributed by atoms with van der Waals surface area (Å²) < 4.78 is 0. The molecule has 5 rings (SSSR count). The van der Waals surface area contributed by atoms with Crippen molar-refractivity contribution in [2.24, 2.45) is 17.8 Å². The predicted molar refractivity (Wildman–Crippen MR) is 106 cm³/mol. The Kier molecular flexibility index (Phi) is 7.22. The number of carbonyl (C=O) groups is 2. The van der Waals surface area contributed by atoms with Gasteiger partial charge in [0.15, 0.2) is 0 Å². The lowest BCUT2D eigenvalue weighted by Gasteiger charge is -2.56. The van der Waals surface area contributed by atoms with Crippen LogP contribution in [0.3, 0.4) is 0 Å². The monoisotopic (exact) mass is 406 g/mol. The largest absolute Gasteiger partial charge is 0.332 e. The molecule has 1 unspecified atom stereocenters. The van der Waals surface area contributed by atoms with Gasteiger partial charge in [0.2, 0.25) is 5.91 Å². The number of halogens is 2. The number of rotatable bonds is 3. The molecule has 3 N–H and O–H groups in total. The lowest BCUT2D eigenvalue weighted by molar-refractivity contribution is -0.125. The molecule has 0 aromatic carbocycles. The molecule has 0 aromatic heterocycles. The first-order chi connectivity index (χ1) is 11.5. The van der Waals surface area contributed by atoms with E-state index in [1.165, 1.54) is 19.3 Å². The molecule has 4 aliphatic carbocycles. The number of imide groups is 1. The Bertz CT molecular complexity index is 490. The molecule has 150 valence electrons. The number of urea groups is 1. The number of hydrogen-bond acceptors (Lipinski definition) is 4. The molecule has 4 saturated carbocycles. The SMILES string of the molecule is CC(C(=O)NC(=O)NC12CC3CC(CC(C3)C1)C2)N1CCNCC1.Cl.Cl. The number of nitrogens with zero attached hydrogens (tertiary/aromatic N) is 1. The van der Waals surface area contributed by atoms with Crippen LogP contribution in [0.25, 0.3) is 0 Å². The molecule has 4 bridgehead atoms.